The second-order valence-electron chi connectivity index (χ2n) is 5.29. The van der Waals surface area contributed by atoms with Crippen molar-refractivity contribution >= 4 is 45.7 Å². The maximum atomic E-state index is 11.9. The van der Waals surface area contributed by atoms with E-state index in [1.807, 2.05) is 30.7 Å². The molecule has 0 saturated carbocycles. The van der Waals surface area contributed by atoms with Gasteiger partial charge in [0.05, 0.1) is 5.75 Å². The minimum atomic E-state index is -0.315. The van der Waals surface area contributed by atoms with Crippen LogP contribution in [0.2, 0.25) is 5.02 Å². The summed E-state index contributed by atoms with van der Waals surface area (Å²) in [6.07, 6.45) is 1.33. The third kappa shape index (κ3) is 4.75. The predicted octanol–water partition coefficient (Wildman–Crippen LogP) is 3.80. The number of nitrogens with one attached hydrogen (secondary N) is 1. The molecule has 0 aliphatic heterocycles. The molecule has 1 N–H and O–H groups in total. The zero-order chi connectivity index (χ0) is 18.5. The lowest BCUT2D eigenvalue weighted by Gasteiger charge is -2.14. The Hall–Kier alpha value is -2.10. The van der Waals surface area contributed by atoms with Crippen molar-refractivity contribution in [2.45, 2.75) is 18.2 Å². The first kappa shape index (κ1) is 18.7. The first-order valence-electron chi connectivity index (χ1n) is 7.66. The first-order valence-corrected chi connectivity index (χ1v) is 9.91. The van der Waals surface area contributed by atoms with Crippen molar-refractivity contribution in [1.82, 2.24) is 19.7 Å². The molecule has 2 aromatic heterocycles. The molecule has 1 amide bonds. The van der Waals surface area contributed by atoms with Crippen LogP contribution in [0, 0.1) is 0 Å². The zero-order valence-corrected chi connectivity index (χ0v) is 16.4. The number of amides is 1. The number of thioether (sulfide) groups is 1. The van der Waals surface area contributed by atoms with E-state index in [1.165, 1.54) is 23.1 Å². The Kier molecular flexibility index (Phi) is 6.12. The second kappa shape index (κ2) is 8.52. The summed E-state index contributed by atoms with van der Waals surface area (Å²) in [5.41, 5.74) is 0. The highest BCUT2D eigenvalue weighted by Gasteiger charge is 2.18. The van der Waals surface area contributed by atoms with Crippen LogP contribution >= 0.6 is 34.7 Å². The van der Waals surface area contributed by atoms with Crippen LogP contribution < -0.4 is 10.1 Å². The Balaban J connectivity index is 1.59. The normalized spacial score (nSPS) is 12.0. The van der Waals surface area contributed by atoms with E-state index >= 15 is 0 Å². The molecule has 0 spiro atoms. The summed E-state index contributed by atoms with van der Waals surface area (Å²) in [6.45, 7) is 1.88. The van der Waals surface area contributed by atoms with Crippen molar-refractivity contribution in [3.8, 4) is 5.75 Å². The molecular weight excluding hydrogens is 394 g/mol. The van der Waals surface area contributed by atoms with Gasteiger partial charge in [0.25, 0.3) is 0 Å². The lowest BCUT2D eigenvalue weighted by atomic mass is 10.3. The van der Waals surface area contributed by atoms with Crippen molar-refractivity contribution in [3.63, 3.8) is 0 Å². The van der Waals surface area contributed by atoms with E-state index in [0.717, 1.165) is 0 Å². The van der Waals surface area contributed by atoms with Crippen LogP contribution in [0.5, 0.6) is 5.75 Å². The van der Waals surface area contributed by atoms with Crippen LogP contribution in [0.25, 0.3) is 0 Å². The predicted molar refractivity (Wildman–Crippen MR) is 103 cm³/mol. The molecule has 3 aromatic rings. The molecule has 2 heterocycles. The standard InChI is InChI=1S/C16H16ClN5O2S2/c1-10(24-12-5-3-4-11(17)8-12)14-20-21-16(22(14)2)26-9-13(23)19-15-18-6-7-25-15/h3-8,10H,9H2,1-2H3,(H,18,19,23). The Labute approximate surface area is 163 Å². The van der Waals surface area contributed by atoms with E-state index in [0.29, 0.717) is 26.9 Å². The fourth-order valence-electron chi connectivity index (χ4n) is 2.17. The van der Waals surface area contributed by atoms with Gasteiger partial charge < -0.3 is 14.6 Å². The summed E-state index contributed by atoms with van der Waals surface area (Å²) < 4.78 is 7.68. The Morgan fingerprint density at radius 2 is 2.31 bits per heavy atom. The molecule has 0 bridgehead atoms. The van der Waals surface area contributed by atoms with Gasteiger partial charge in [-0.3, -0.25) is 4.79 Å². The molecule has 136 valence electrons. The smallest absolute Gasteiger partial charge is 0.236 e. The fraction of sp³-hybridized carbons (Fsp3) is 0.250. The number of halogens is 1. The number of rotatable bonds is 7. The lowest BCUT2D eigenvalue weighted by molar-refractivity contribution is -0.113. The number of ether oxygens (including phenoxy) is 1. The topological polar surface area (TPSA) is 81.9 Å². The largest absolute Gasteiger partial charge is 0.483 e. The first-order chi connectivity index (χ1) is 12.5. The third-order valence-corrected chi connectivity index (χ3v) is 5.30. The molecule has 0 saturated heterocycles. The molecule has 26 heavy (non-hydrogen) atoms. The highest BCUT2D eigenvalue weighted by molar-refractivity contribution is 7.99. The summed E-state index contributed by atoms with van der Waals surface area (Å²) in [6, 6.07) is 7.18. The summed E-state index contributed by atoms with van der Waals surface area (Å²) in [4.78, 5) is 16.0. The van der Waals surface area contributed by atoms with Gasteiger partial charge in [0.2, 0.25) is 5.91 Å². The minimum Gasteiger partial charge on any atom is -0.483 e. The maximum absolute atomic E-state index is 11.9. The van der Waals surface area contributed by atoms with Crippen molar-refractivity contribution in [1.29, 1.82) is 0 Å². The van der Waals surface area contributed by atoms with Crippen molar-refractivity contribution in [2.24, 2.45) is 7.05 Å². The van der Waals surface area contributed by atoms with Crippen LogP contribution in [0.3, 0.4) is 0 Å². The number of thiazole rings is 1. The van der Waals surface area contributed by atoms with Gasteiger partial charge in [-0.2, -0.15) is 0 Å². The molecule has 0 aliphatic carbocycles. The molecule has 0 fully saturated rings. The SMILES string of the molecule is CC(Oc1cccc(Cl)c1)c1nnc(SCC(=O)Nc2nccs2)n1C. The van der Waals surface area contributed by atoms with E-state index < -0.39 is 0 Å². The quantitative estimate of drug-likeness (QED) is 0.598. The zero-order valence-electron chi connectivity index (χ0n) is 14.0. The molecule has 7 nitrogen and oxygen atoms in total. The van der Waals surface area contributed by atoms with Crippen LogP contribution in [0.4, 0.5) is 5.13 Å². The Morgan fingerprint density at radius 3 is 3.04 bits per heavy atom. The van der Waals surface area contributed by atoms with E-state index in [2.05, 4.69) is 20.5 Å². The third-order valence-electron chi connectivity index (χ3n) is 3.35. The van der Waals surface area contributed by atoms with Crippen LogP contribution in [-0.4, -0.2) is 31.4 Å². The number of nitrogens with zero attached hydrogens (tertiary/aromatic N) is 4. The minimum absolute atomic E-state index is 0.141. The number of anilines is 1. The highest BCUT2D eigenvalue weighted by atomic mass is 35.5. The second-order valence-corrected chi connectivity index (χ2v) is 7.56. The molecule has 1 unspecified atom stereocenters. The number of benzene rings is 1. The van der Waals surface area contributed by atoms with Crippen molar-refractivity contribution in [3.05, 3.63) is 46.7 Å². The van der Waals surface area contributed by atoms with E-state index in [9.17, 15) is 4.79 Å². The monoisotopic (exact) mass is 409 g/mol. The van der Waals surface area contributed by atoms with Gasteiger partial charge in [0, 0.05) is 23.6 Å². The fourth-order valence-corrected chi connectivity index (χ4v) is 3.62. The summed E-state index contributed by atoms with van der Waals surface area (Å²) >= 11 is 8.65. The highest BCUT2D eigenvalue weighted by Crippen LogP contribution is 2.25. The number of hydrogen-bond acceptors (Lipinski definition) is 7. The molecule has 0 aliphatic rings. The molecule has 1 aromatic carbocycles. The van der Waals surface area contributed by atoms with Gasteiger partial charge >= 0.3 is 0 Å². The average molecular weight is 410 g/mol. The van der Waals surface area contributed by atoms with Gasteiger partial charge in [0.15, 0.2) is 22.2 Å². The molecule has 3 rings (SSSR count). The average Bonchev–Trinajstić information content (AvgIpc) is 3.23. The summed E-state index contributed by atoms with van der Waals surface area (Å²) in [7, 11) is 1.84. The number of carbonyl (C=O) groups excluding carboxylic acids is 1. The molecule has 0 radical (unpaired) electrons. The van der Waals surface area contributed by atoms with Crippen molar-refractivity contribution in [2.75, 3.05) is 11.1 Å². The van der Waals surface area contributed by atoms with Crippen LogP contribution in [-0.2, 0) is 11.8 Å². The van der Waals surface area contributed by atoms with Crippen molar-refractivity contribution < 1.29 is 9.53 Å². The van der Waals surface area contributed by atoms with Gasteiger partial charge in [0.1, 0.15) is 5.75 Å². The number of hydrogen-bond donors (Lipinski definition) is 1. The van der Waals surface area contributed by atoms with Crippen LogP contribution in [0.1, 0.15) is 18.9 Å². The Morgan fingerprint density at radius 1 is 1.46 bits per heavy atom. The van der Waals surface area contributed by atoms with Gasteiger partial charge in [-0.05, 0) is 25.1 Å². The van der Waals surface area contributed by atoms with Gasteiger partial charge in [-0.1, -0.05) is 29.4 Å². The molecular formula is C16H16ClN5O2S2. The van der Waals surface area contributed by atoms with E-state index in [-0.39, 0.29) is 17.8 Å². The number of aromatic nitrogens is 4. The molecule has 10 heteroatoms. The molecule has 1 atom stereocenters. The van der Waals surface area contributed by atoms with Crippen LogP contribution in [0.15, 0.2) is 41.0 Å². The Bertz CT molecular complexity index is 885. The van der Waals surface area contributed by atoms with E-state index in [4.69, 9.17) is 16.3 Å². The van der Waals surface area contributed by atoms with E-state index in [1.54, 1.807) is 23.7 Å². The number of carbonyl (C=O) groups is 1. The maximum Gasteiger partial charge on any atom is 0.236 e. The lowest BCUT2D eigenvalue weighted by Crippen LogP contribution is -2.14. The summed E-state index contributed by atoms with van der Waals surface area (Å²) in [5.74, 6) is 1.39. The van der Waals surface area contributed by atoms with Gasteiger partial charge in [-0.25, -0.2) is 4.98 Å². The van der Waals surface area contributed by atoms with Gasteiger partial charge in [-0.15, -0.1) is 21.5 Å². The summed E-state index contributed by atoms with van der Waals surface area (Å²) in [5, 5.41) is 14.7.